The van der Waals surface area contributed by atoms with E-state index < -0.39 is 0 Å². The molecule has 21 heavy (non-hydrogen) atoms. The second kappa shape index (κ2) is 6.10. The molecule has 5 nitrogen and oxygen atoms in total. The normalized spacial score (nSPS) is 15.7. The lowest BCUT2D eigenvalue weighted by atomic mass is 10.2. The van der Waals surface area contributed by atoms with E-state index >= 15 is 0 Å². The Bertz CT molecular complexity index is 605. The van der Waals surface area contributed by atoms with Crippen LogP contribution in [0, 0.1) is 5.92 Å². The lowest BCUT2D eigenvalue weighted by molar-refractivity contribution is -0.120. The van der Waals surface area contributed by atoms with Crippen molar-refractivity contribution in [3.63, 3.8) is 0 Å². The van der Waals surface area contributed by atoms with E-state index in [0.29, 0.717) is 24.0 Å². The Kier molecular flexibility index (Phi) is 4.01. The Morgan fingerprint density at radius 3 is 2.86 bits per heavy atom. The quantitative estimate of drug-likeness (QED) is 0.847. The van der Waals surface area contributed by atoms with Gasteiger partial charge in [-0.25, -0.2) is 4.98 Å². The molecule has 0 saturated heterocycles. The highest BCUT2D eigenvalue weighted by atomic mass is 16.3. The first kappa shape index (κ1) is 13.8. The molecule has 0 radical (unpaired) electrons. The maximum absolute atomic E-state index is 11.9. The minimum atomic E-state index is -0.0704. The molecule has 1 fully saturated rings. The van der Waals surface area contributed by atoms with Crippen molar-refractivity contribution in [2.75, 3.05) is 6.54 Å². The molecular weight excluding hydrogens is 266 g/mol. The number of oxazole rings is 1. The number of rotatable bonds is 6. The number of carbonyl (C=O) groups excluding carboxylic acids is 1. The first-order valence-corrected chi connectivity index (χ1v) is 7.24. The van der Waals surface area contributed by atoms with Gasteiger partial charge in [0.2, 0.25) is 11.8 Å². The summed E-state index contributed by atoms with van der Waals surface area (Å²) in [6.07, 6.45) is 4.11. The summed E-state index contributed by atoms with van der Waals surface area (Å²) >= 11 is 0. The summed E-state index contributed by atoms with van der Waals surface area (Å²) in [6.45, 7) is 0.535. The van der Waals surface area contributed by atoms with Crippen molar-refractivity contribution in [3.8, 4) is 11.5 Å². The Morgan fingerprint density at radius 1 is 1.38 bits per heavy atom. The van der Waals surface area contributed by atoms with Gasteiger partial charge in [-0.2, -0.15) is 0 Å². The lowest BCUT2D eigenvalue weighted by Crippen LogP contribution is -2.39. The SMILES string of the molecule is NC(CNC(=O)Cc1coc(-c2ccccc2)n1)C1CC1. The zero-order chi connectivity index (χ0) is 14.7. The van der Waals surface area contributed by atoms with Crippen LogP contribution in [0.25, 0.3) is 11.5 Å². The van der Waals surface area contributed by atoms with Crippen molar-refractivity contribution in [2.45, 2.75) is 25.3 Å². The molecule has 3 N–H and O–H groups in total. The Labute approximate surface area is 123 Å². The van der Waals surface area contributed by atoms with E-state index in [-0.39, 0.29) is 18.4 Å². The topological polar surface area (TPSA) is 81.1 Å². The van der Waals surface area contributed by atoms with Gasteiger partial charge >= 0.3 is 0 Å². The van der Waals surface area contributed by atoms with Gasteiger partial charge < -0.3 is 15.5 Å². The van der Waals surface area contributed by atoms with Crippen molar-refractivity contribution >= 4 is 5.91 Å². The molecule has 1 aliphatic carbocycles. The lowest BCUT2D eigenvalue weighted by Gasteiger charge is -2.10. The first-order chi connectivity index (χ1) is 10.2. The highest BCUT2D eigenvalue weighted by molar-refractivity contribution is 5.78. The molecule has 1 amide bonds. The monoisotopic (exact) mass is 285 g/mol. The Hall–Kier alpha value is -2.14. The number of nitrogens with zero attached hydrogens (tertiary/aromatic N) is 1. The van der Waals surface area contributed by atoms with E-state index in [1.165, 1.54) is 19.1 Å². The fourth-order valence-electron chi connectivity index (χ4n) is 2.25. The molecule has 1 saturated carbocycles. The van der Waals surface area contributed by atoms with Crippen molar-refractivity contribution in [3.05, 3.63) is 42.3 Å². The van der Waals surface area contributed by atoms with Gasteiger partial charge in [-0.1, -0.05) is 18.2 Å². The van der Waals surface area contributed by atoms with Crippen LogP contribution in [0.5, 0.6) is 0 Å². The number of hydrogen-bond donors (Lipinski definition) is 2. The number of hydrogen-bond acceptors (Lipinski definition) is 4. The molecule has 5 heteroatoms. The molecule has 1 aromatic carbocycles. The van der Waals surface area contributed by atoms with Crippen LogP contribution in [-0.2, 0) is 11.2 Å². The van der Waals surface area contributed by atoms with Crippen molar-refractivity contribution in [1.82, 2.24) is 10.3 Å². The van der Waals surface area contributed by atoms with Gasteiger partial charge in [0.15, 0.2) is 0 Å². The molecule has 0 bridgehead atoms. The summed E-state index contributed by atoms with van der Waals surface area (Å²) < 4.78 is 5.41. The standard InChI is InChI=1S/C16H19N3O2/c17-14(11-6-7-11)9-18-15(20)8-13-10-21-16(19-13)12-4-2-1-3-5-12/h1-5,10-11,14H,6-9,17H2,(H,18,20). The summed E-state index contributed by atoms with van der Waals surface area (Å²) in [5, 5.41) is 2.86. The van der Waals surface area contributed by atoms with Gasteiger partial charge in [-0.15, -0.1) is 0 Å². The van der Waals surface area contributed by atoms with Crippen LogP contribution in [0.2, 0.25) is 0 Å². The second-order valence-corrected chi connectivity index (χ2v) is 5.49. The largest absolute Gasteiger partial charge is 0.444 e. The molecule has 3 rings (SSSR count). The Morgan fingerprint density at radius 2 is 2.14 bits per heavy atom. The predicted octanol–water partition coefficient (Wildman–Crippen LogP) is 1.74. The summed E-state index contributed by atoms with van der Waals surface area (Å²) in [6, 6.07) is 9.70. The zero-order valence-electron chi connectivity index (χ0n) is 11.8. The number of nitrogens with one attached hydrogen (secondary N) is 1. The molecular formula is C16H19N3O2. The van der Waals surface area contributed by atoms with Gasteiger partial charge in [0.25, 0.3) is 0 Å². The van der Waals surface area contributed by atoms with Crippen LogP contribution in [0.15, 0.2) is 41.0 Å². The first-order valence-electron chi connectivity index (χ1n) is 7.24. The Balaban J connectivity index is 1.53. The van der Waals surface area contributed by atoms with Crippen LogP contribution in [0.1, 0.15) is 18.5 Å². The summed E-state index contributed by atoms with van der Waals surface area (Å²) in [5.41, 5.74) is 7.49. The van der Waals surface area contributed by atoms with Gasteiger partial charge in [0, 0.05) is 18.2 Å². The smallest absolute Gasteiger partial charge is 0.226 e. The van der Waals surface area contributed by atoms with Crippen molar-refractivity contribution in [2.24, 2.45) is 11.7 Å². The number of amides is 1. The molecule has 0 aliphatic heterocycles. The fourth-order valence-corrected chi connectivity index (χ4v) is 2.25. The van der Waals surface area contributed by atoms with E-state index in [9.17, 15) is 4.79 Å². The average Bonchev–Trinajstić information content (AvgIpc) is 3.26. The van der Waals surface area contributed by atoms with E-state index in [1.54, 1.807) is 0 Å². The molecule has 1 atom stereocenters. The fraction of sp³-hybridized carbons (Fsp3) is 0.375. The van der Waals surface area contributed by atoms with Crippen LogP contribution in [0.3, 0.4) is 0 Å². The zero-order valence-corrected chi connectivity index (χ0v) is 11.8. The van der Waals surface area contributed by atoms with Gasteiger partial charge in [0.05, 0.1) is 12.1 Å². The van der Waals surface area contributed by atoms with Gasteiger partial charge in [-0.3, -0.25) is 4.79 Å². The van der Waals surface area contributed by atoms with E-state index in [0.717, 1.165) is 5.56 Å². The third-order valence-electron chi connectivity index (χ3n) is 3.68. The van der Waals surface area contributed by atoms with Crippen LogP contribution < -0.4 is 11.1 Å². The molecule has 0 spiro atoms. The number of aromatic nitrogens is 1. The predicted molar refractivity (Wildman–Crippen MR) is 79.4 cm³/mol. The maximum atomic E-state index is 11.9. The number of carbonyl (C=O) groups is 1. The number of benzene rings is 1. The van der Waals surface area contributed by atoms with E-state index in [1.807, 2.05) is 30.3 Å². The highest BCUT2D eigenvalue weighted by Gasteiger charge is 2.28. The van der Waals surface area contributed by atoms with Crippen LogP contribution in [0.4, 0.5) is 0 Å². The molecule has 1 aliphatic rings. The molecule has 1 unspecified atom stereocenters. The molecule has 2 aromatic rings. The third kappa shape index (κ3) is 3.70. The minimum Gasteiger partial charge on any atom is -0.444 e. The molecule has 1 aromatic heterocycles. The number of nitrogens with two attached hydrogens (primary N) is 1. The summed E-state index contributed by atoms with van der Waals surface area (Å²) in [7, 11) is 0. The van der Waals surface area contributed by atoms with E-state index in [4.69, 9.17) is 10.2 Å². The van der Waals surface area contributed by atoms with E-state index in [2.05, 4.69) is 10.3 Å². The highest BCUT2D eigenvalue weighted by Crippen LogP contribution is 2.31. The van der Waals surface area contributed by atoms with Gasteiger partial charge in [-0.05, 0) is 30.9 Å². The van der Waals surface area contributed by atoms with Crippen molar-refractivity contribution in [1.29, 1.82) is 0 Å². The van der Waals surface area contributed by atoms with Crippen LogP contribution in [-0.4, -0.2) is 23.5 Å². The summed E-state index contributed by atoms with van der Waals surface area (Å²) in [4.78, 5) is 16.2. The maximum Gasteiger partial charge on any atom is 0.226 e. The van der Waals surface area contributed by atoms with Crippen molar-refractivity contribution < 1.29 is 9.21 Å². The molecule has 110 valence electrons. The second-order valence-electron chi connectivity index (χ2n) is 5.49. The van der Waals surface area contributed by atoms with Gasteiger partial charge in [0.1, 0.15) is 6.26 Å². The third-order valence-corrected chi connectivity index (χ3v) is 3.68. The molecule has 1 heterocycles. The average molecular weight is 285 g/mol. The minimum absolute atomic E-state index is 0.0704. The van der Waals surface area contributed by atoms with Crippen LogP contribution >= 0.6 is 0 Å². The summed E-state index contributed by atoms with van der Waals surface area (Å²) in [5.74, 6) is 1.05.